The van der Waals surface area contributed by atoms with E-state index in [0.29, 0.717) is 17.0 Å². The molecule has 0 heterocycles. The zero-order valence-electron chi connectivity index (χ0n) is 19.7. The maximum atomic E-state index is 13.7. The smallest absolute Gasteiger partial charge is 0.243 e. The van der Waals surface area contributed by atoms with Gasteiger partial charge in [-0.1, -0.05) is 72.3 Å². The van der Waals surface area contributed by atoms with E-state index in [0.717, 1.165) is 11.1 Å². The maximum Gasteiger partial charge on any atom is 0.243 e. The van der Waals surface area contributed by atoms with E-state index in [-0.39, 0.29) is 30.6 Å². The Morgan fingerprint density at radius 1 is 0.912 bits per heavy atom. The predicted molar refractivity (Wildman–Crippen MR) is 134 cm³/mol. The van der Waals surface area contributed by atoms with E-state index >= 15 is 0 Å². The number of hydrogen-bond acceptors (Lipinski definition) is 2. The van der Waals surface area contributed by atoms with Crippen LogP contribution in [0.25, 0.3) is 0 Å². The fourth-order valence-corrected chi connectivity index (χ4v) is 3.90. The van der Waals surface area contributed by atoms with Crippen LogP contribution in [-0.2, 0) is 29.0 Å². The van der Waals surface area contributed by atoms with Gasteiger partial charge in [0.15, 0.2) is 0 Å². The largest absolute Gasteiger partial charge is 0.350 e. The minimum absolute atomic E-state index is 0.0506. The average Bonchev–Trinajstić information content (AvgIpc) is 2.78. The molecule has 34 heavy (non-hydrogen) atoms. The summed E-state index contributed by atoms with van der Waals surface area (Å²) in [6.45, 7) is 5.87. The molecule has 6 heteroatoms. The molecule has 0 spiro atoms. The van der Waals surface area contributed by atoms with Crippen LogP contribution in [0.1, 0.15) is 37.5 Å². The zero-order chi connectivity index (χ0) is 24.7. The second kappa shape index (κ2) is 11.3. The van der Waals surface area contributed by atoms with Gasteiger partial charge in [0.1, 0.15) is 11.9 Å². The van der Waals surface area contributed by atoms with Gasteiger partial charge in [0.2, 0.25) is 11.8 Å². The Hall–Kier alpha value is -3.18. The van der Waals surface area contributed by atoms with Crippen LogP contribution in [0.15, 0.2) is 78.9 Å². The van der Waals surface area contributed by atoms with Gasteiger partial charge in [-0.2, -0.15) is 0 Å². The summed E-state index contributed by atoms with van der Waals surface area (Å²) in [5, 5.41) is 3.52. The van der Waals surface area contributed by atoms with Crippen LogP contribution in [0.4, 0.5) is 4.39 Å². The van der Waals surface area contributed by atoms with Crippen molar-refractivity contribution < 1.29 is 14.0 Å². The standard InChI is InChI=1S/C28H30ClFN2O2/c1-28(2,3)31-27(34)25(17-20-9-5-4-6-10-20)32(19-21-13-15-23(30)16-14-21)26(33)18-22-11-7-8-12-24(22)29/h4-16,25H,17-19H2,1-3H3,(H,31,34)/t25-/m1/s1. The van der Waals surface area contributed by atoms with Gasteiger partial charge in [-0.05, 0) is 55.7 Å². The van der Waals surface area contributed by atoms with Gasteiger partial charge in [-0.3, -0.25) is 9.59 Å². The number of amides is 2. The number of halogens is 2. The number of hydrogen-bond donors (Lipinski definition) is 1. The third-order valence-electron chi connectivity index (χ3n) is 5.33. The lowest BCUT2D eigenvalue weighted by molar-refractivity contribution is -0.141. The number of carbonyl (C=O) groups is 2. The second-order valence-corrected chi connectivity index (χ2v) is 9.77. The molecule has 0 bridgehead atoms. The Labute approximate surface area is 205 Å². The van der Waals surface area contributed by atoms with E-state index in [9.17, 15) is 14.0 Å². The SMILES string of the molecule is CC(C)(C)NC(=O)[C@@H](Cc1ccccc1)N(Cc1ccc(F)cc1)C(=O)Cc1ccccc1Cl. The highest BCUT2D eigenvalue weighted by Gasteiger charge is 2.32. The average molecular weight is 481 g/mol. The van der Waals surface area contributed by atoms with Gasteiger partial charge >= 0.3 is 0 Å². The highest BCUT2D eigenvalue weighted by atomic mass is 35.5. The molecule has 0 unspecified atom stereocenters. The number of nitrogens with one attached hydrogen (secondary N) is 1. The summed E-state index contributed by atoms with van der Waals surface area (Å²) in [5.74, 6) is -0.836. The molecule has 3 rings (SSSR count). The van der Waals surface area contributed by atoms with E-state index in [4.69, 9.17) is 11.6 Å². The summed E-state index contributed by atoms with van der Waals surface area (Å²) >= 11 is 6.32. The van der Waals surface area contributed by atoms with Crippen LogP contribution in [-0.4, -0.2) is 28.3 Å². The number of benzene rings is 3. The summed E-state index contributed by atoms with van der Waals surface area (Å²) in [7, 11) is 0. The Kier molecular flexibility index (Phi) is 8.46. The molecule has 1 atom stereocenters. The van der Waals surface area contributed by atoms with Crippen molar-refractivity contribution in [1.29, 1.82) is 0 Å². The fraction of sp³-hybridized carbons (Fsp3) is 0.286. The van der Waals surface area contributed by atoms with E-state index < -0.39 is 11.6 Å². The lowest BCUT2D eigenvalue weighted by Crippen LogP contribution is -2.54. The third kappa shape index (κ3) is 7.42. The lowest BCUT2D eigenvalue weighted by Gasteiger charge is -2.34. The second-order valence-electron chi connectivity index (χ2n) is 9.36. The van der Waals surface area contributed by atoms with E-state index in [1.165, 1.54) is 12.1 Å². The van der Waals surface area contributed by atoms with Crippen LogP contribution in [0.3, 0.4) is 0 Å². The van der Waals surface area contributed by atoms with Crippen molar-refractivity contribution in [2.24, 2.45) is 0 Å². The summed E-state index contributed by atoms with van der Waals surface area (Å²) in [6, 6.07) is 22.0. The first-order valence-corrected chi connectivity index (χ1v) is 11.6. The summed E-state index contributed by atoms with van der Waals surface area (Å²) in [4.78, 5) is 28.7. The maximum absolute atomic E-state index is 13.7. The van der Waals surface area contributed by atoms with Crippen molar-refractivity contribution in [3.05, 3.63) is 106 Å². The van der Waals surface area contributed by atoms with E-state index in [2.05, 4.69) is 5.32 Å². The molecule has 178 valence electrons. The van der Waals surface area contributed by atoms with Gasteiger partial charge in [-0.15, -0.1) is 0 Å². The molecule has 2 amide bonds. The molecule has 0 aromatic heterocycles. The molecule has 3 aromatic carbocycles. The zero-order valence-corrected chi connectivity index (χ0v) is 20.5. The first-order chi connectivity index (χ1) is 16.1. The van der Waals surface area contributed by atoms with Crippen molar-refractivity contribution in [3.8, 4) is 0 Å². The summed E-state index contributed by atoms with van der Waals surface area (Å²) < 4.78 is 13.5. The molecule has 0 fully saturated rings. The molecule has 0 aliphatic heterocycles. The Morgan fingerprint density at radius 3 is 2.15 bits per heavy atom. The van der Waals surface area contributed by atoms with Crippen LogP contribution in [0.2, 0.25) is 5.02 Å². The Morgan fingerprint density at radius 2 is 1.53 bits per heavy atom. The highest BCUT2D eigenvalue weighted by Crippen LogP contribution is 2.21. The Bertz CT molecular complexity index is 1110. The quantitative estimate of drug-likeness (QED) is 0.457. The van der Waals surface area contributed by atoms with Gasteiger partial charge in [0, 0.05) is 23.5 Å². The van der Waals surface area contributed by atoms with E-state index in [1.54, 1.807) is 29.2 Å². The molecular formula is C28H30ClFN2O2. The van der Waals surface area contributed by atoms with Crippen LogP contribution in [0.5, 0.6) is 0 Å². The van der Waals surface area contributed by atoms with Gasteiger partial charge < -0.3 is 10.2 Å². The van der Waals surface area contributed by atoms with Crippen molar-refractivity contribution >= 4 is 23.4 Å². The van der Waals surface area contributed by atoms with Crippen molar-refractivity contribution in [3.63, 3.8) is 0 Å². The van der Waals surface area contributed by atoms with Gasteiger partial charge in [0.05, 0.1) is 6.42 Å². The molecular weight excluding hydrogens is 451 g/mol. The summed E-state index contributed by atoms with van der Waals surface area (Å²) in [6.07, 6.45) is 0.396. The number of carbonyl (C=O) groups excluding carboxylic acids is 2. The minimum atomic E-state index is -0.762. The topological polar surface area (TPSA) is 49.4 Å². The first kappa shape index (κ1) is 25.4. The van der Waals surface area contributed by atoms with E-state index in [1.807, 2.05) is 63.2 Å². The van der Waals surface area contributed by atoms with Gasteiger partial charge in [0.25, 0.3) is 0 Å². The molecule has 3 aromatic rings. The number of nitrogens with zero attached hydrogens (tertiary/aromatic N) is 1. The molecule has 1 N–H and O–H groups in total. The van der Waals surface area contributed by atoms with Crippen molar-refractivity contribution in [2.75, 3.05) is 0 Å². The molecule has 4 nitrogen and oxygen atoms in total. The Balaban J connectivity index is 1.99. The monoisotopic (exact) mass is 480 g/mol. The van der Waals surface area contributed by atoms with Crippen LogP contribution < -0.4 is 5.32 Å². The number of rotatable bonds is 8. The lowest BCUT2D eigenvalue weighted by atomic mass is 10.00. The normalized spacial score (nSPS) is 12.1. The molecule has 0 saturated carbocycles. The molecule has 0 saturated heterocycles. The first-order valence-electron chi connectivity index (χ1n) is 11.3. The highest BCUT2D eigenvalue weighted by molar-refractivity contribution is 6.31. The molecule has 0 aliphatic rings. The van der Waals surface area contributed by atoms with Crippen molar-refractivity contribution in [2.45, 2.75) is 51.7 Å². The van der Waals surface area contributed by atoms with Crippen LogP contribution >= 0.6 is 11.6 Å². The molecule has 0 radical (unpaired) electrons. The fourth-order valence-electron chi connectivity index (χ4n) is 3.70. The van der Waals surface area contributed by atoms with Crippen LogP contribution in [0, 0.1) is 5.82 Å². The molecule has 0 aliphatic carbocycles. The van der Waals surface area contributed by atoms with Crippen molar-refractivity contribution in [1.82, 2.24) is 10.2 Å². The summed E-state index contributed by atoms with van der Waals surface area (Å²) in [5.41, 5.74) is 1.88. The third-order valence-corrected chi connectivity index (χ3v) is 5.70. The van der Waals surface area contributed by atoms with Gasteiger partial charge in [-0.25, -0.2) is 4.39 Å². The minimum Gasteiger partial charge on any atom is -0.350 e. The predicted octanol–water partition coefficient (Wildman–Crippen LogP) is 5.58.